The van der Waals surface area contributed by atoms with Crippen LogP contribution >= 0.6 is 22.9 Å². The number of halogens is 1. The summed E-state index contributed by atoms with van der Waals surface area (Å²) in [6.07, 6.45) is 0. The summed E-state index contributed by atoms with van der Waals surface area (Å²) in [5.41, 5.74) is 3.07. The first-order valence-corrected chi connectivity index (χ1v) is 6.88. The highest BCUT2D eigenvalue weighted by molar-refractivity contribution is 7.16. The number of hydrogen-bond acceptors (Lipinski definition) is 4. The highest BCUT2D eigenvalue weighted by atomic mass is 35.5. The second-order valence-electron chi connectivity index (χ2n) is 4.21. The number of anilines is 1. The van der Waals surface area contributed by atoms with Crippen LogP contribution in [0, 0.1) is 0 Å². The predicted octanol–water partition coefficient (Wildman–Crippen LogP) is 2.89. The summed E-state index contributed by atoms with van der Waals surface area (Å²) in [6.45, 7) is 4.23. The van der Waals surface area contributed by atoms with E-state index in [1.807, 2.05) is 19.9 Å². The number of carbonyl (C=O) groups excluding carboxylic acids is 1. The second-order valence-corrected chi connectivity index (χ2v) is 5.50. The topological polar surface area (TPSA) is 54.0 Å². The van der Waals surface area contributed by atoms with Crippen LogP contribution in [0.1, 0.15) is 13.8 Å². The van der Waals surface area contributed by atoms with Gasteiger partial charge in [0.25, 0.3) is 0 Å². The molecule has 0 unspecified atom stereocenters. The molecular formula is C12H14ClN3OS. The van der Waals surface area contributed by atoms with Crippen molar-refractivity contribution in [2.24, 2.45) is 0 Å². The lowest BCUT2D eigenvalue weighted by atomic mass is 10.3. The molecular weight excluding hydrogens is 270 g/mol. The third kappa shape index (κ3) is 2.98. The number of benzene rings is 1. The number of carbonyl (C=O) groups is 1. The minimum atomic E-state index is -0.119. The number of amides is 1. The summed E-state index contributed by atoms with van der Waals surface area (Å²) in [5.74, 6) is -0.119. The molecule has 1 aromatic heterocycles. The van der Waals surface area contributed by atoms with Crippen LogP contribution in [0.4, 0.5) is 5.69 Å². The molecule has 2 aromatic rings. The average molecular weight is 284 g/mol. The minimum Gasteiger partial charge on any atom is -0.322 e. The van der Waals surface area contributed by atoms with Crippen molar-refractivity contribution in [2.45, 2.75) is 19.9 Å². The van der Waals surface area contributed by atoms with Crippen LogP contribution in [-0.2, 0) is 4.79 Å². The van der Waals surface area contributed by atoms with Crippen molar-refractivity contribution in [3.63, 3.8) is 0 Å². The van der Waals surface area contributed by atoms with Gasteiger partial charge in [0, 0.05) is 6.04 Å². The van der Waals surface area contributed by atoms with Crippen LogP contribution < -0.4 is 10.6 Å². The zero-order chi connectivity index (χ0) is 13.1. The SMILES string of the molecule is CC(C)NCC(=O)Nc1c(Cl)ccc2scnc12. The lowest BCUT2D eigenvalue weighted by Gasteiger charge is -2.10. The van der Waals surface area contributed by atoms with E-state index >= 15 is 0 Å². The summed E-state index contributed by atoms with van der Waals surface area (Å²) in [7, 11) is 0. The number of aromatic nitrogens is 1. The molecule has 0 atom stereocenters. The van der Waals surface area contributed by atoms with Crippen molar-refractivity contribution < 1.29 is 4.79 Å². The van der Waals surface area contributed by atoms with E-state index in [-0.39, 0.29) is 18.5 Å². The standard InChI is InChI=1S/C12H14ClN3OS/c1-7(2)14-5-10(17)16-11-8(13)3-4-9-12(11)15-6-18-9/h3-4,6-7,14H,5H2,1-2H3,(H,16,17). The fourth-order valence-corrected chi connectivity index (χ4v) is 2.39. The Morgan fingerprint density at radius 2 is 2.28 bits per heavy atom. The van der Waals surface area contributed by atoms with E-state index in [1.165, 1.54) is 11.3 Å². The first-order chi connectivity index (χ1) is 8.58. The number of fused-ring (bicyclic) bond motifs is 1. The van der Waals surface area contributed by atoms with Crippen LogP contribution in [0.25, 0.3) is 10.2 Å². The predicted molar refractivity (Wildman–Crippen MR) is 76.4 cm³/mol. The number of hydrogen-bond donors (Lipinski definition) is 2. The first kappa shape index (κ1) is 13.3. The lowest BCUT2D eigenvalue weighted by Crippen LogP contribution is -2.32. The van der Waals surface area contributed by atoms with Crippen LogP contribution in [0.3, 0.4) is 0 Å². The summed E-state index contributed by atoms with van der Waals surface area (Å²) >= 11 is 7.62. The van der Waals surface area contributed by atoms with Gasteiger partial charge in [0.2, 0.25) is 5.91 Å². The second kappa shape index (κ2) is 5.65. The van der Waals surface area contributed by atoms with Crippen molar-refractivity contribution in [1.82, 2.24) is 10.3 Å². The molecule has 1 amide bonds. The smallest absolute Gasteiger partial charge is 0.238 e. The van der Waals surface area contributed by atoms with E-state index in [2.05, 4.69) is 15.6 Å². The molecule has 0 fully saturated rings. The molecule has 1 heterocycles. The van der Waals surface area contributed by atoms with E-state index in [1.54, 1.807) is 11.6 Å². The van der Waals surface area contributed by atoms with Crippen molar-refractivity contribution >= 4 is 44.7 Å². The third-order valence-electron chi connectivity index (χ3n) is 2.39. The molecule has 0 aliphatic rings. The highest BCUT2D eigenvalue weighted by Crippen LogP contribution is 2.32. The zero-order valence-electron chi connectivity index (χ0n) is 10.2. The van der Waals surface area contributed by atoms with Gasteiger partial charge in [-0.15, -0.1) is 11.3 Å². The zero-order valence-corrected chi connectivity index (χ0v) is 11.7. The molecule has 0 aliphatic carbocycles. The first-order valence-electron chi connectivity index (χ1n) is 5.63. The molecule has 0 bridgehead atoms. The number of nitrogens with one attached hydrogen (secondary N) is 2. The molecule has 0 spiro atoms. The van der Waals surface area contributed by atoms with Gasteiger partial charge >= 0.3 is 0 Å². The van der Waals surface area contributed by atoms with Gasteiger partial charge in [-0.2, -0.15) is 0 Å². The summed E-state index contributed by atoms with van der Waals surface area (Å²) in [5, 5.41) is 6.37. The van der Waals surface area contributed by atoms with Gasteiger partial charge in [0.15, 0.2) is 0 Å². The Kier molecular flexibility index (Phi) is 4.16. The maximum absolute atomic E-state index is 11.8. The Labute approximate surface area is 114 Å². The van der Waals surface area contributed by atoms with Gasteiger partial charge in [-0.25, -0.2) is 4.98 Å². The van der Waals surface area contributed by atoms with Gasteiger partial charge in [-0.1, -0.05) is 25.4 Å². The summed E-state index contributed by atoms with van der Waals surface area (Å²) < 4.78 is 1.01. The Morgan fingerprint density at radius 1 is 1.50 bits per heavy atom. The van der Waals surface area contributed by atoms with Crippen LogP contribution in [0.5, 0.6) is 0 Å². The lowest BCUT2D eigenvalue weighted by molar-refractivity contribution is -0.115. The fourth-order valence-electron chi connectivity index (χ4n) is 1.51. The monoisotopic (exact) mass is 283 g/mol. The molecule has 18 heavy (non-hydrogen) atoms. The van der Waals surface area contributed by atoms with Crippen molar-refractivity contribution in [3.8, 4) is 0 Å². The Balaban J connectivity index is 2.18. The number of thiazole rings is 1. The molecule has 6 heteroatoms. The molecule has 2 N–H and O–H groups in total. The molecule has 0 saturated carbocycles. The van der Waals surface area contributed by atoms with Crippen LogP contribution in [0.15, 0.2) is 17.6 Å². The molecule has 4 nitrogen and oxygen atoms in total. The van der Waals surface area contributed by atoms with Crippen molar-refractivity contribution in [2.75, 3.05) is 11.9 Å². The van der Waals surface area contributed by atoms with Crippen molar-refractivity contribution in [3.05, 3.63) is 22.7 Å². The quantitative estimate of drug-likeness (QED) is 0.907. The largest absolute Gasteiger partial charge is 0.322 e. The molecule has 0 radical (unpaired) electrons. The van der Waals surface area contributed by atoms with E-state index in [9.17, 15) is 4.79 Å². The molecule has 2 rings (SSSR count). The highest BCUT2D eigenvalue weighted by Gasteiger charge is 2.11. The van der Waals surface area contributed by atoms with Crippen molar-refractivity contribution in [1.29, 1.82) is 0 Å². The van der Waals surface area contributed by atoms with E-state index in [0.29, 0.717) is 10.7 Å². The van der Waals surface area contributed by atoms with Crippen LogP contribution in [0.2, 0.25) is 5.02 Å². The van der Waals surface area contributed by atoms with E-state index in [0.717, 1.165) is 10.2 Å². The molecule has 0 aliphatic heterocycles. The number of rotatable bonds is 4. The molecule has 1 aromatic carbocycles. The van der Waals surface area contributed by atoms with Gasteiger partial charge in [-0.05, 0) is 12.1 Å². The molecule has 96 valence electrons. The van der Waals surface area contributed by atoms with E-state index < -0.39 is 0 Å². The average Bonchev–Trinajstić information content (AvgIpc) is 2.78. The van der Waals surface area contributed by atoms with Crippen LogP contribution in [-0.4, -0.2) is 23.5 Å². The van der Waals surface area contributed by atoms with Gasteiger partial charge in [-0.3, -0.25) is 4.79 Å². The van der Waals surface area contributed by atoms with Gasteiger partial charge in [0.1, 0.15) is 5.52 Å². The minimum absolute atomic E-state index is 0.119. The Hall–Kier alpha value is -1.17. The summed E-state index contributed by atoms with van der Waals surface area (Å²) in [4.78, 5) is 16.0. The van der Waals surface area contributed by atoms with E-state index in [4.69, 9.17) is 11.6 Å². The Bertz CT molecular complexity index is 567. The van der Waals surface area contributed by atoms with Gasteiger partial charge < -0.3 is 10.6 Å². The Morgan fingerprint density at radius 3 is 3.00 bits per heavy atom. The number of nitrogens with zero attached hydrogens (tertiary/aromatic N) is 1. The fraction of sp³-hybridized carbons (Fsp3) is 0.333. The normalized spacial score (nSPS) is 11.1. The molecule has 0 saturated heterocycles. The van der Waals surface area contributed by atoms with Gasteiger partial charge in [0.05, 0.1) is 27.5 Å². The maximum Gasteiger partial charge on any atom is 0.238 e. The third-order valence-corrected chi connectivity index (χ3v) is 3.50. The maximum atomic E-state index is 11.8. The summed E-state index contributed by atoms with van der Waals surface area (Å²) in [6, 6.07) is 3.94.